The van der Waals surface area contributed by atoms with Gasteiger partial charge in [0.2, 0.25) is 5.91 Å². The van der Waals surface area contributed by atoms with Gasteiger partial charge < -0.3 is 15.8 Å². The van der Waals surface area contributed by atoms with E-state index in [1.54, 1.807) is 11.8 Å². The lowest BCUT2D eigenvalue weighted by Crippen LogP contribution is -2.62. The maximum atomic E-state index is 12.6. The number of piperidine rings is 1. The van der Waals surface area contributed by atoms with Gasteiger partial charge in [-0.25, -0.2) is 0 Å². The molecule has 8 unspecified atom stereocenters. The Morgan fingerprint density at radius 1 is 1.32 bits per heavy atom. The molecule has 3 N–H and O–H groups in total. The van der Waals surface area contributed by atoms with E-state index in [9.17, 15) is 4.79 Å². The SMILES string of the molecule is CCC(CN)c1ccc(C2C(OC)CC(C)C3NC(=O)C4SC=CC4C32)cc1. The van der Waals surface area contributed by atoms with Crippen molar-refractivity contribution in [3.8, 4) is 0 Å². The zero-order valence-corrected chi connectivity index (χ0v) is 17.8. The largest absolute Gasteiger partial charge is 0.381 e. The monoisotopic (exact) mass is 400 g/mol. The Morgan fingerprint density at radius 2 is 2.07 bits per heavy atom. The number of nitrogens with two attached hydrogens (primary N) is 1. The number of hydrogen-bond donors (Lipinski definition) is 2. The van der Waals surface area contributed by atoms with E-state index in [1.807, 2.05) is 7.11 Å². The highest BCUT2D eigenvalue weighted by Crippen LogP contribution is 2.52. The second-order valence-electron chi connectivity index (χ2n) is 8.59. The molecule has 1 amide bonds. The molecule has 1 aromatic rings. The zero-order valence-electron chi connectivity index (χ0n) is 17.0. The maximum Gasteiger partial charge on any atom is 0.234 e. The van der Waals surface area contributed by atoms with Crippen LogP contribution in [0, 0.1) is 17.8 Å². The number of thioether (sulfide) groups is 1. The third-order valence-corrected chi connectivity index (χ3v) is 8.34. The van der Waals surface area contributed by atoms with Gasteiger partial charge in [-0.05, 0) is 53.7 Å². The van der Waals surface area contributed by atoms with Gasteiger partial charge in [-0.15, -0.1) is 11.8 Å². The van der Waals surface area contributed by atoms with Crippen molar-refractivity contribution in [3.05, 3.63) is 46.9 Å². The maximum absolute atomic E-state index is 12.6. The van der Waals surface area contributed by atoms with E-state index in [0.29, 0.717) is 24.3 Å². The number of nitrogens with one attached hydrogen (secondary N) is 1. The number of carbonyl (C=O) groups is 1. The van der Waals surface area contributed by atoms with Crippen LogP contribution in [0.3, 0.4) is 0 Å². The molecule has 2 heterocycles. The predicted octanol–water partition coefficient (Wildman–Crippen LogP) is 3.64. The fourth-order valence-corrected chi connectivity index (χ4v) is 6.75. The minimum atomic E-state index is 0.00698. The molecule has 3 aliphatic rings. The summed E-state index contributed by atoms with van der Waals surface area (Å²) in [5, 5.41) is 5.48. The number of ether oxygens (including phenoxy) is 1. The summed E-state index contributed by atoms with van der Waals surface area (Å²) in [6, 6.07) is 9.24. The minimum absolute atomic E-state index is 0.00698. The van der Waals surface area contributed by atoms with Crippen LogP contribution in [0.5, 0.6) is 0 Å². The molecule has 5 heteroatoms. The lowest BCUT2D eigenvalue weighted by Gasteiger charge is -2.52. The molecule has 1 aromatic carbocycles. The second kappa shape index (κ2) is 8.21. The van der Waals surface area contributed by atoms with Gasteiger partial charge in [-0.1, -0.05) is 44.2 Å². The van der Waals surface area contributed by atoms with Gasteiger partial charge in [0, 0.05) is 25.0 Å². The molecule has 0 aromatic heterocycles. The number of fused-ring (bicyclic) bond motifs is 3. The Morgan fingerprint density at radius 3 is 2.71 bits per heavy atom. The Balaban J connectivity index is 1.70. The van der Waals surface area contributed by atoms with Crippen LogP contribution >= 0.6 is 11.8 Å². The van der Waals surface area contributed by atoms with E-state index in [1.165, 1.54) is 11.1 Å². The summed E-state index contributed by atoms with van der Waals surface area (Å²) in [4.78, 5) is 12.6. The minimum Gasteiger partial charge on any atom is -0.381 e. The topological polar surface area (TPSA) is 64.3 Å². The van der Waals surface area contributed by atoms with Gasteiger partial charge in [0.25, 0.3) is 0 Å². The van der Waals surface area contributed by atoms with E-state index in [0.717, 1.165) is 12.8 Å². The Bertz CT molecular complexity index is 731. The fourth-order valence-electron chi connectivity index (χ4n) is 5.66. The van der Waals surface area contributed by atoms with Gasteiger partial charge in [0.1, 0.15) is 0 Å². The molecule has 0 spiro atoms. The fraction of sp³-hybridized carbons (Fsp3) is 0.609. The Kier molecular flexibility index (Phi) is 5.86. The molecule has 0 radical (unpaired) electrons. The third-order valence-electron chi connectivity index (χ3n) is 7.21. The van der Waals surface area contributed by atoms with Gasteiger partial charge in [-0.3, -0.25) is 4.79 Å². The third kappa shape index (κ3) is 3.31. The average molecular weight is 401 g/mol. The summed E-state index contributed by atoms with van der Waals surface area (Å²) in [7, 11) is 1.83. The average Bonchev–Trinajstić information content (AvgIpc) is 3.21. The predicted molar refractivity (Wildman–Crippen MR) is 115 cm³/mol. The molecule has 1 aliphatic carbocycles. The first-order chi connectivity index (χ1) is 13.6. The van der Waals surface area contributed by atoms with Crippen molar-refractivity contribution in [2.75, 3.05) is 13.7 Å². The number of methoxy groups -OCH3 is 1. The molecule has 2 aliphatic heterocycles. The van der Waals surface area contributed by atoms with Crippen molar-refractivity contribution in [2.24, 2.45) is 23.5 Å². The van der Waals surface area contributed by atoms with Crippen LogP contribution < -0.4 is 11.1 Å². The highest BCUT2D eigenvalue weighted by Gasteiger charge is 2.54. The zero-order chi connectivity index (χ0) is 19.8. The van der Waals surface area contributed by atoms with Crippen LogP contribution in [0.15, 0.2) is 35.7 Å². The van der Waals surface area contributed by atoms with Crippen molar-refractivity contribution >= 4 is 17.7 Å². The first-order valence-corrected chi connectivity index (χ1v) is 11.5. The molecule has 0 bridgehead atoms. The summed E-state index contributed by atoms with van der Waals surface area (Å²) in [5.74, 6) is 1.96. The van der Waals surface area contributed by atoms with Crippen molar-refractivity contribution in [1.82, 2.24) is 5.32 Å². The molecule has 4 nitrogen and oxygen atoms in total. The van der Waals surface area contributed by atoms with Crippen molar-refractivity contribution in [2.45, 2.75) is 55.9 Å². The first kappa shape index (κ1) is 20.0. The van der Waals surface area contributed by atoms with E-state index < -0.39 is 0 Å². The normalized spacial score (nSPS) is 37.9. The lowest BCUT2D eigenvalue weighted by molar-refractivity contribution is -0.128. The Hall–Kier alpha value is -1.30. The van der Waals surface area contributed by atoms with E-state index in [2.05, 4.69) is 54.9 Å². The highest BCUT2D eigenvalue weighted by atomic mass is 32.2. The van der Waals surface area contributed by atoms with E-state index >= 15 is 0 Å². The van der Waals surface area contributed by atoms with Gasteiger partial charge in [-0.2, -0.15) is 0 Å². The second-order valence-corrected chi connectivity index (χ2v) is 9.65. The number of rotatable bonds is 5. The standard InChI is InChI=1S/C23H32N2O2S/c1-4-14(12-24)15-5-7-16(8-6-15)19-18(27-3)11-13(2)21-20(19)17-9-10-28-22(17)23(26)25-21/h5-10,13-14,17-22H,4,11-12,24H2,1-3H3,(H,25,26). The van der Waals surface area contributed by atoms with Crippen LogP contribution in [-0.4, -0.2) is 37.0 Å². The van der Waals surface area contributed by atoms with Crippen LogP contribution in [0.1, 0.15) is 49.7 Å². The van der Waals surface area contributed by atoms with Gasteiger partial charge >= 0.3 is 0 Å². The molecule has 2 fully saturated rings. The summed E-state index contributed by atoms with van der Waals surface area (Å²) >= 11 is 1.66. The number of allylic oxidation sites excluding steroid dienone is 1. The number of carbonyl (C=O) groups excluding carboxylic acids is 1. The molecule has 1 saturated carbocycles. The van der Waals surface area contributed by atoms with Crippen LogP contribution in [-0.2, 0) is 9.53 Å². The summed E-state index contributed by atoms with van der Waals surface area (Å²) in [5.41, 5.74) is 8.58. The van der Waals surface area contributed by atoms with Crippen molar-refractivity contribution in [3.63, 3.8) is 0 Å². The Labute approximate surface area is 172 Å². The van der Waals surface area contributed by atoms with Crippen LogP contribution in [0.25, 0.3) is 0 Å². The molecular weight excluding hydrogens is 368 g/mol. The molecule has 152 valence electrons. The summed E-state index contributed by atoms with van der Waals surface area (Å²) < 4.78 is 6.01. The van der Waals surface area contributed by atoms with Gasteiger partial charge in [0.15, 0.2) is 0 Å². The summed E-state index contributed by atoms with van der Waals surface area (Å²) in [6.45, 7) is 5.12. The van der Waals surface area contributed by atoms with Gasteiger partial charge in [0.05, 0.1) is 11.4 Å². The molecule has 28 heavy (non-hydrogen) atoms. The first-order valence-electron chi connectivity index (χ1n) is 10.5. The number of hydrogen-bond acceptors (Lipinski definition) is 4. The quantitative estimate of drug-likeness (QED) is 0.792. The van der Waals surface area contributed by atoms with E-state index in [-0.39, 0.29) is 35.1 Å². The van der Waals surface area contributed by atoms with E-state index in [4.69, 9.17) is 10.5 Å². The molecular formula is C23H32N2O2S. The molecule has 1 saturated heterocycles. The van der Waals surface area contributed by atoms with Crippen molar-refractivity contribution < 1.29 is 9.53 Å². The lowest BCUT2D eigenvalue weighted by atomic mass is 9.60. The van der Waals surface area contributed by atoms with Crippen molar-refractivity contribution in [1.29, 1.82) is 0 Å². The highest BCUT2D eigenvalue weighted by molar-refractivity contribution is 8.03. The molecule has 4 rings (SSSR count). The summed E-state index contributed by atoms with van der Waals surface area (Å²) in [6.07, 6.45) is 4.46. The van der Waals surface area contributed by atoms with Crippen LogP contribution in [0.4, 0.5) is 0 Å². The smallest absolute Gasteiger partial charge is 0.234 e. The molecule has 8 atom stereocenters. The number of benzene rings is 1. The van der Waals surface area contributed by atoms with Crippen LogP contribution in [0.2, 0.25) is 0 Å². The number of amides is 1.